The standard InChI is InChI=1S/C8H6ClF2NO5S/c1-17-7-5(18(9,15)16)3-2-4(8(10)11)6(7)12(13)14/h2-3,8H,1H3. The molecule has 0 fully saturated rings. The average molecular weight is 302 g/mol. The van der Waals surface area contributed by atoms with Crippen LogP contribution >= 0.6 is 10.7 Å². The molecule has 0 radical (unpaired) electrons. The van der Waals surface area contributed by atoms with Gasteiger partial charge in [-0.3, -0.25) is 10.1 Å². The molecule has 0 atom stereocenters. The SMILES string of the molecule is COc1c(S(=O)(=O)Cl)ccc(C(F)F)c1[N+](=O)[O-]. The summed E-state index contributed by atoms with van der Waals surface area (Å²) in [5.74, 6) is -0.812. The van der Waals surface area contributed by atoms with Crippen molar-refractivity contribution in [3.63, 3.8) is 0 Å². The summed E-state index contributed by atoms with van der Waals surface area (Å²) in [5, 5.41) is 10.7. The van der Waals surface area contributed by atoms with Gasteiger partial charge in [0.25, 0.3) is 15.5 Å². The summed E-state index contributed by atoms with van der Waals surface area (Å²) in [6, 6.07) is 1.36. The number of hydrogen-bond acceptors (Lipinski definition) is 5. The molecule has 1 rings (SSSR count). The molecule has 0 saturated heterocycles. The third-order valence-corrected chi connectivity index (χ3v) is 3.36. The quantitative estimate of drug-likeness (QED) is 0.484. The Labute approximate surface area is 105 Å². The lowest BCUT2D eigenvalue weighted by atomic mass is 10.1. The van der Waals surface area contributed by atoms with Crippen molar-refractivity contribution in [3.05, 3.63) is 27.8 Å². The largest absolute Gasteiger partial charge is 0.489 e. The molecule has 0 aliphatic heterocycles. The maximum Gasteiger partial charge on any atom is 0.321 e. The molecule has 18 heavy (non-hydrogen) atoms. The molecule has 0 heterocycles. The van der Waals surface area contributed by atoms with E-state index in [9.17, 15) is 27.3 Å². The zero-order valence-corrected chi connectivity index (χ0v) is 10.3. The summed E-state index contributed by atoms with van der Waals surface area (Å²) in [4.78, 5) is 8.86. The summed E-state index contributed by atoms with van der Waals surface area (Å²) in [5.41, 5.74) is -2.06. The summed E-state index contributed by atoms with van der Waals surface area (Å²) < 4.78 is 52.0. The fourth-order valence-corrected chi connectivity index (χ4v) is 2.32. The zero-order valence-electron chi connectivity index (χ0n) is 8.76. The Morgan fingerprint density at radius 2 is 2.00 bits per heavy atom. The van der Waals surface area contributed by atoms with Gasteiger partial charge in [-0.05, 0) is 12.1 Å². The van der Waals surface area contributed by atoms with Gasteiger partial charge < -0.3 is 4.74 Å². The van der Waals surface area contributed by atoms with Gasteiger partial charge in [0, 0.05) is 10.7 Å². The Bertz CT molecular complexity index is 589. The van der Waals surface area contributed by atoms with Crippen LogP contribution in [0.25, 0.3) is 0 Å². The van der Waals surface area contributed by atoms with Gasteiger partial charge in [0.15, 0.2) is 0 Å². The molecule has 6 nitrogen and oxygen atoms in total. The lowest BCUT2D eigenvalue weighted by Gasteiger charge is -2.09. The van der Waals surface area contributed by atoms with Crippen molar-refractivity contribution in [1.29, 1.82) is 0 Å². The molecule has 0 aliphatic rings. The van der Waals surface area contributed by atoms with Gasteiger partial charge in [-0.25, -0.2) is 17.2 Å². The highest BCUT2D eigenvalue weighted by atomic mass is 35.7. The van der Waals surface area contributed by atoms with Crippen LogP contribution in [0.3, 0.4) is 0 Å². The van der Waals surface area contributed by atoms with Gasteiger partial charge >= 0.3 is 5.69 Å². The van der Waals surface area contributed by atoms with E-state index in [1.54, 1.807) is 0 Å². The number of benzene rings is 1. The predicted molar refractivity (Wildman–Crippen MR) is 57.6 cm³/mol. The minimum absolute atomic E-state index is 0.626. The van der Waals surface area contributed by atoms with E-state index in [0.717, 1.165) is 13.2 Å². The van der Waals surface area contributed by atoms with Crippen LogP contribution in [0, 0.1) is 10.1 Å². The summed E-state index contributed by atoms with van der Waals surface area (Å²) in [7, 11) is 1.61. The van der Waals surface area contributed by atoms with Crippen molar-refractivity contribution >= 4 is 25.4 Å². The molecular weight excluding hydrogens is 296 g/mol. The molecule has 0 N–H and O–H groups in total. The number of hydrogen-bond donors (Lipinski definition) is 0. The van der Waals surface area contributed by atoms with Crippen molar-refractivity contribution < 1.29 is 26.9 Å². The lowest BCUT2D eigenvalue weighted by molar-refractivity contribution is -0.387. The Morgan fingerprint density at radius 3 is 2.33 bits per heavy atom. The highest BCUT2D eigenvalue weighted by molar-refractivity contribution is 8.13. The highest BCUT2D eigenvalue weighted by Gasteiger charge is 2.32. The number of halogens is 3. The van der Waals surface area contributed by atoms with Crippen LogP contribution in [0.2, 0.25) is 0 Å². The summed E-state index contributed by atoms with van der Waals surface area (Å²) >= 11 is 0. The molecule has 100 valence electrons. The summed E-state index contributed by atoms with van der Waals surface area (Å²) in [6.07, 6.45) is -3.15. The van der Waals surface area contributed by atoms with Gasteiger partial charge in [0.1, 0.15) is 4.90 Å². The molecule has 0 unspecified atom stereocenters. The normalized spacial score (nSPS) is 11.6. The number of rotatable bonds is 4. The van der Waals surface area contributed by atoms with Crippen molar-refractivity contribution in [2.45, 2.75) is 11.3 Å². The van der Waals surface area contributed by atoms with Gasteiger partial charge in [-0.1, -0.05) is 0 Å². The first-order chi connectivity index (χ1) is 8.20. The predicted octanol–water partition coefficient (Wildman–Crippen LogP) is 2.47. The summed E-state index contributed by atoms with van der Waals surface area (Å²) in [6.45, 7) is 0. The number of methoxy groups -OCH3 is 1. The van der Waals surface area contributed by atoms with E-state index in [1.165, 1.54) is 0 Å². The van der Waals surface area contributed by atoms with Crippen LogP contribution in [0.1, 0.15) is 12.0 Å². The number of alkyl halides is 2. The second-order valence-electron chi connectivity index (χ2n) is 3.03. The van der Waals surface area contributed by atoms with Crippen LogP contribution in [0.5, 0.6) is 5.75 Å². The van der Waals surface area contributed by atoms with E-state index >= 15 is 0 Å². The average Bonchev–Trinajstić information content (AvgIpc) is 2.25. The van der Waals surface area contributed by atoms with Crippen molar-refractivity contribution in [2.75, 3.05) is 7.11 Å². The topological polar surface area (TPSA) is 86.5 Å². The third kappa shape index (κ3) is 2.67. The fraction of sp³-hybridized carbons (Fsp3) is 0.250. The molecule has 0 bridgehead atoms. The van der Waals surface area contributed by atoms with Crippen LogP contribution in [-0.4, -0.2) is 20.5 Å². The first-order valence-corrected chi connectivity index (χ1v) is 6.59. The van der Waals surface area contributed by atoms with E-state index in [4.69, 9.17) is 10.7 Å². The maximum absolute atomic E-state index is 12.6. The number of nitrogens with zero attached hydrogens (tertiary/aromatic N) is 1. The number of nitro benzene ring substituents is 1. The van der Waals surface area contributed by atoms with Crippen LogP contribution in [-0.2, 0) is 9.05 Å². The van der Waals surface area contributed by atoms with Crippen molar-refractivity contribution in [1.82, 2.24) is 0 Å². The van der Waals surface area contributed by atoms with Gasteiger partial charge in [0.2, 0.25) is 5.75 Å². The first-order valence-electron chi connectivity index (χ1n) is 4.28. The highest BCUT2D eigenvalue weighted by Crippen LogP contribution is 2.41. The van der Waals surface area contributed by atoms with E-state index < -0.39 is 42.3 Å². The van der Waals surface area contributed by atoms with Crippen LogP contribution in [0.15, 0.2) is 17.0 Å². The maximum atomic E-state index is 12.6. The number of nitro groups is 1. The van der Waals surface area contributed by atoms with Crippen LogP contribution < -0.4 is 4.74 Å². The second-order valence-corrected chi connectivity index (χ2v) is 5.56. The van der Waals surface area contributed by atoms with Crippen molar-refractivity contribution in [2.24, 2.45) is 0 Å². The first kappa shape index (κ1) is 14.6. The molecular formula is C8H6ClF2NO5S. The van der Waals surface area contributed by atoms with Gasteiger partial charge in [-0.15, -0.1) is 0 Å². The van der Waals surface area contributed by atoms with Gasteiger partial charge in [-0.2, -0.15) is 0 Å². The molecule has 0 spiro atoms. The molecule has 1 aromatic carbocycles. The second kappa shape index (κ2) is 5.02. The number of ether oxygens (including phenoxy) is 1. The Kier molecular flexibility index (Phi) is 4.07. The lowest BCUT2D eigenvalue weighted by Crippen LogP contribution is -2.04. The Hall–Kier alpha value is -1.48. The fourth-order valence-electron chi connectivity index (χ4n) is 1.32. The molecule has 1 aromatic rings. The van der Waals surface area contributed by atoms with E-state index in [1.807, 2.05) is 0 Å². The zero-order chi connectivity index (χ0) is 14.1. The van der Waals surface area contributed by atoms with Crippen LogP contribution in [0.4, 0.5) is 14.5 Å². The Morgan fingerprint density at radius 1 is 1.44 bits per heavy atom. The third-order valence-electron chi connectivity index (χ3n) is 2.01. The molecule has 0 saturated carbocycles. The van der Waals surface area contributed by atoms with E-state index in [2.05, 4.69) is 4.74 Å². The molecule has 10 heteroatoms. The smallest absolute Gasteiger partial charge is 0.321 e. The molecule has 0 amide bonds. The minimum atomic E-state index is -4.35. The van der Waals surface area contributed by atoms with Crippen molar-refractivity contribution in [3.8, 4) is 5.75 Å². The molecule has 0 aliphatic carbocycles. The van der Waals surface area contributed by atoms with E-state index in [0.29, 0.717) is 6.07 Å². The van der Waals surface area contributed by atoms with E-state index in [-0.39, 0.29) is 0 Å². The van der Waals surface area contributed by atoms with Gasteiger partial charge in [0.05, 0.1) is 17.6 Å². The Balaban J connectivity index is 3.75. The minimum Gasteiger partial charge on any atom is -0.489 e. The monoisotopic (exact) mass is 301 g/mol. The molecule has 0 aromatic heterocycles.